The number of benzene rings is 3. The highest BCUT2D eigenvalue weighted by Gasteiger charge is 2.14. The first-order valence-corrected chi connectivity index (χ1v) is 10.5. The van der Waals surface area contributed by atoms with Gasteiger partial charge in [0.15, 0.2) is 0 Å². The van der Waals surface area contributed by atoms with Crippen molar-refractivity contribution in [2.45, 2.75) is 12.8 Å². The number of rotatable bonds is 9. The van der Waals surface area contributed by atoms with Gasteiger partial charge in [0.05, 0.1) is 18.4 Å². The van der Waals surface area contributed by atoms with Crippen molar-refractivity contribution in [1.29, 1.82) is 0 Å². The summed E-state index contributed by atoms with van der Waals surface area (Å²) >= 11 is 0. The van der Waals surface area contributed by atoms with E-state index < -0.39 is 29.3 Å². The van der Waals surface area contributed by atoms with Gasteiger partial charge in [-0.2, -0.15) is 0 Å². The minimum Gasteiger partial charge on any atom is -0.495 e. The number of nitrogens with one attached hydrogen (secondary N) is 3. The van der Waals surface area contributed by atoms with E-state index in [2.05, 4.69) is 16.0 Å². The summed E-state index contributed by atoms with van der Waals surface area (Å²) in [7, 11) is 1.41. The van der Waals surface area contributed by atoms with Gasteiger partial charge in [-0.1, -0.05) is 6.07 Å². The zero-order chi connectivity index (χ0) is 25.4. The van der Waals surface area contributed by atoms with Gasteiger partial charge in [-0.3, -0.25) is 14.4 Å². The maximum Gasteiger partial charge on any atom is 0.255 e. The first kappa shape index (κ1) is 25.3. The molecule has 0 radical (unpaired) electrons. The Morgan fingerprint density at radius 3 is 2.34 bits per heavy atom. The molecule has 3 aromatic rings. The van der Waals surface area contributed by atoms with Gasteiger partial charge in [-0.15, -0.1) is 0 Å². The molecule has 35 heavy (non-hydrogen) atoms. The maximum atomic E-state index is 13.6. The van der Waals surface area contributed by atoms with Crippen molar-refractivity contribution in [3.05, 3.63) is 89.2 Å². The Hall–Kier alpha value is -4.34. The molecule has 0 aliphatic rings. The molecule has 3 aromatic carbocycles. The minimum absolute atomic E-state index is 0.0448. The zero-order valence-electron chi connectivity index (χ0n) is 18.7. The van der Waals surface area contributed by atoms with E-state index in [1.54, 1.807) is 12.1 Å². The number of ether oxygens (including phenoxy) is 1. The molecule has 0 saturated heterocycles. The number of hydrogen-bond donors (Lipinski definition) is 3. The van der Waals surface area contributed by atoms with Crippen LogP contribution in [0.1, 0.15) is 33.6 Å². The molecule has 182 valence electrons. The lowest BCUT2D eigenvalue weighted by atomic mass is 10.2. The molecule has 0 unspecified atom stereocenters. The monoisotopic (exact) mass is 485 g/mol. The number of anilines is 2. The van der Waals surface area contributed by atoms with Gasteiger partial charge in [0, 0.05) is 30.3 Å². The van der Waals surface area contributed by atoms with Crippen molar-refractivity contribution < 1.29 is 32.3 Å². The molecule has 7 nitrogen and oxygen atoms in total. The molecule has 3 N–H and O–H groups in total. The summed E-state index contributed by atoms with van der Waals surface area (Å²) < 4.78 is 45.2. The van der Waals surface area contributed by atoms with Crippen molar-refractivity contribution in [2.75, 3.05) is 24.3 Å². The number of amides is 3. The molecule has 3 rings (SSSR count). The topological polar surface area (TPSA) is 96.5 Å². The Morgan fingerprint density at radius 1 is 0.857 bits per heavy atom. The highest BCUT2D eigenvalue weighted by Crippen LogP contribution is 2.28. The first-order chi connectivity index (χ1) is 16.8. The van der Waals surface area contributed by atoms with E-state index in [1.807, 2.05) is 0 Å². The first-order valence-electron chi connectivity index (χ1n) is 10.5. The second-order valence-corrected chi connectivity index (χ2v) is 7.41. The minimum atomic E-state index is -0.972. The molecule has 0 heterocycles. The summed E-state index contributed by atoms with van der Waals surface area (Å²) in [6.45, 7) is 0.0978. The average molecular weight is 485 g/mol. The second kappa shape index (κ2) is 11.7. The van der Waals surface area contributed by atoms with Gasteiger partial charge in [0.25, 0.3) is 11.8 Å². The average Bonchev–Trinajstić information content (AvgIpc) is 2.82. The van der Waals surface area contributed by atoms with E-state index in [1.165, 1.54) is 31.4 Å². The molecule has 0 fully saturated rings. The smallest absolute Gasteiger partial charge is 0.255 e. The number of carbonyl (C=O) groups is 3. The zero-order valence-corrected chi connectivity index (χ0v) is 18.7. The third kappa shape index (κ3) is 7.07. The second-order valence-electron chi connectivity index (χ2n) is 7.41. The van der Waals surface area contributed by atoms with Crippen LogP contribution in [-0.4, -0.2) is 31.4 Å². The molecule has 10 heteroatoms. The molecule has 0 spiro atoms. The highest BCUT2D eigenvalue weighted by molar-refractivity contribution is 6.05. The number of carbonyl (C=O) groups excluding carboxylic acids is 3. The van der Waals surface area contributed by atoms with Crippen molar-refractivity contribution in [1.82, 2.24) is 5.32 Å². The van der Waals surface area contributed by atoms with Gasteiger partial charge < -0.3 is 20.7 Å². The van der Waals surface area contributed by atoms with Gasteiger partial charge in [-0.25, -0.2) is 13.2 Å². The van der Waals surface area contributed by atoms with Crippen LogP contribution in [0, 0.1) is 17.5 Å². The van der Waals surface area contributed by atoms with Gasteiger partial charge >= 0.3 is 0 Å². The largest absolute Gasteiger partial charge is 0.495 e. The van der Waals surface area contributed by atoms with E-state index in [0.29, 0.717) is 17.5 Å². The van der Waals surface area contributed by atoms with Crippen molar-refractivity contribution >= 4 is 29.1 Å². The number of halogens is 3. The molecule has 0 bridgehead atoms. The fourth-order valence-electron chi connectivity index (χ4n) is 3.15. The van der Waals surface area contributed by atoms with Crippen LogP contribution in [0.5, 0.6) is 5.75 Å². The molecule has 0 aliphatic heterocycles. The SMILES string of the molecule is COc1ccc(NC(=O)CCCNC(=O)c2ccc(F)cc2F)cc1NC(=O)c1cccc(F)c1. The Kier molecular flexibility index (Phi) is 8.44. The molecule has 0 atom stereocenters. The van der Waals surface area contributed by atoms with Crippen LogP contribution in [0.3, 0.4) is 0 Å². The Balaban J connectivity index is 1.53. The quantitative estimate of drug-likeness (QED) is 0.389. The molecular weight excluding hydrogens is 463 g/mol. The van der Waals surface area contributed by atoms with E-state index in [-0.39, 0.29) is 42.1 Å². The molecular formula is C25H22F3N3O4. The van der Waals surface area contributed by atoms with Crippen molar-refractivity contribution in [3.8, 4) is 5.75 Å². The third-order valence-electron chi connectivity index (χ3n) is 4.86. The summed E-state index contributed by atoms with van der Waals surface area (Å²) in [4.78, 5) is 36.7. The predicted octanol–water partition coefficient (Wildman–Crippen LogP) is 4.51. The fraction of sp³-hybridized carbons (Fsp3) is 0.160. The predicted molar refractivity (Wildman–Crippen MR) is 124 cm³/mol. The van der Waals surface area contributed by atoms with Crippen LogP contribution in [0.4, 0.5) is 24.5 Å². The number of hydrogen-bond acceptors (Lipinski definition) is 4. The summed E-state index contributed by atoms with van der Waals surface area (Å²) in [5, 5.41) is 7.77. The van der Waals surface area contributed by atoms with Crippen molar-refractivity contribution in [2.24, 2.45) is 0 Å². The molecule has 0 saturated carbocycles. The van der Waals surface area contributed by atoms with E-state index in [4.69, 9.17) is 4.74 Å². The van der Waals surface area contributed by atoms with Crippen LogP contribution in [-0.2, 0) is 4.79 Å². The molecule has 0 aliphatic carbocycles. The standard InChI is InChI=1S/C25H22F3N3O4/c1-35-22-10-8-18(14-21(22)31-24(33)15-4-2-5-16(26)12-15)30-23(32)6-3-11-29-25(34)19-9-7-17(27)13-20(19)28/h2,4-5,7-10,12-14H,3,6,11H2,1H3,(H,29,34)(H,30,32)(H,31,33). The lowest BCUT2D eigenvalue weighted by Crippen LogP contribution is -2.26. The summed E-state index contributed by atoms with van der Waals surface area (Å²) in [6.07, 6.45) is 0.308. The van der Waals surface area contributed by atoms with Crippen LogP contribution in [0.15, 0.2) is 60.7 Å². The Bertz CT molecular complexity index is 1250. The van der Waals surface area contributed by atoms with Gasteiger partial charge in [0.1, 0.15) is 23.2 Å². The Labute approximate surface area is 199 Å². The third-order valence-corrected chi connectivity index (χ3v) is 4.86. The Morgan fingerprint density at radius 2 is 1.63 bits per heavy atom. The van der Waals surface area contributed by atoms with E-state index >= 15 is 0 Å². The van der Waals surface area contributed by atoms with Gasteiger partial charge in [-0.05, 0) is 55.0 Å². The van der Waals surface area contributed by atoms with E-state index in [9.17, 15) is 27.6 Å². The molecule has 0 aromatic heterocycles. The van der Waals surface area contributed by atoms with E-state index in [0.717, 1.165) is 18.2 Å². The molecule has 3 amide bonds. The maximum absolute atomic E-state index is 13.6. The lowest BCUT2D eigenvalue weighted by molar-refractivity contribution is -0.116. The van der Waals surface area contributed by atoms with Crippen LogP contribution >= 0.6 is 0 Å². The fourth-order valence-corrected chi connectivity index (χ4v) is 3.15. The van der Waals surface area contributed by atoms with Gasteiger partial charge in [0.2, 0.25) is 5.91 Å². The van der Waals surface area contributed by atoms with Crippen molar-refractivity contribution in [3.63, 3.8) is 0 Å². The summed E-state index contributed by atoms with van der Waals surface area (Å²) in [6, 6.07) is 12.4. The van der Waals surface area contributed by atoms with Crippen LogP contribution in [0.2, 0.25) is 0 Å². The normalized spacial score (nSPS) is 10.4. The van der Waals surface area contributed by atoms with Crippen LogP contribution < -0.4 is 20.7 Å². The van der Waals surface area contributed by atoms with Crippen LogP contribution in [0.25, 0.3) is 0 Å². The lowest BCUT2D eigenvalue weighted by Gasteiger charge is -2.13. The summed E-state index contributed by atoms with van der Waals surface area (Å²) in [5.74, 6) is -3.60. The highest BCUT2D eigenvalue weighted by atomic mass is 19.1. The number of methoxy groups -OCH3 is 1. The summed E-state index contributed by atoms with van der Waals surface area (Å²) in [5.41, 5.74) is 0.474.